The molecule has 0 fully saturated rings. The first-order valence-electron chi connectivity index (χ1n) is 4.85. The van der Waals surface area contributed by atoms with Crippen LogP contribution in [0.2, 0.25) is 20.2 Å². The first-order valence-corrected chi connectivity index (χ1v) is 6.36. The molecule has 0 radical (unpaired) electrons. The summed E-state index contributed by atoms with van der Waals surface area (Å²) in [5.41, 5.74) is 0.615. The smallest absolute Gasteiger partial charge is 0.258 e. The van der Waals surface area contributed by atoms with E-state index < -0.39 is 4.92 Å². The minimum atomic E-state index is -0.621. The molecule has 1 aromatic heterocycles. The molecule has 0 aliphatic rings. The molecular weight excluding hydrogens is 334 g/mol. The van der Waals surface area contributed by atoms with E-state index in [0.717, 1.165) is 0 Å². The van der Waals surface area contributed by atoms with Gasteiger partial charge in [0.15, 0.2) is 0 Å². The summed E-state index contributed by atoms with van der Waals surface area (Å²) in [5.74, 6) is 0. The SMILES string of the molecule is O=[N+]([O-])c1cc(-c2cc(Cl)c(Cl)cc2Cl)cnc1Cl. The van der Waals surface area contributed by atoms with Gasteiger partial charge in [-0.1, -0.05) is 46.4 Å². The van der Waals surface area contributed by atoms with Gasteiger partial charge in [0.2, 0.25) is 5.15 Å². The average molecular weight is 338 g/mol. The third-order valence-corrected chi connectivity index (χ3v) is 3.66. The quantitative estimate of drug-likeness (QED) is 0.324. The highest BCUT2D eigenvalue weighted by Gasteiger charge is 2.17. The van der Waals surface area contributed by atoms with Crippen LogP contribution in [0.4, 0.5) is 5.69 Å². The highest BCUT2D eigenvalue weighted by Crippen LogP contribution is 2.37. The third-order valence-electron chi connectivity index (χ3n) is 2.34. The number of nitro groups is 1. The molecule has 1 heterocycles. The van der Waals surface area contributed by atoms with Crippen molar-refractivity contribution in [2.75, 3.05) is 0 Å². The first kappa shape index (κ1) is 14.3. The number of rotatable bonds is 2. The molecular formula is C11H4Cl4N2O2. The van der Waals surface area contributed by atoms with Crippen molar-refractivity contribution in [2.45, 2.75) is 0 Å². The van der Waals surface area contributed by atoms with Gasteiger partial charge < -0.3 is 0 Å². The Morgan fingerprint density at radius 1 is 1.00 bits per heavy atom. The van der Waals surface area contributed by atoms with E-state index in [4.69, 9.17) is 46.4 Å². The van der Waals surface area contributed by atoms with E-state index in [1.54, 1.807) is 0 Å². The first-order chi connectivity index (χ1) is 8.90. The lowest BCUT2D eigenvalue weighted by molar-refractivity contribution is -0.385. The molecule has 0 unspecified atom stereocenters. The van der Waals surface area contributed by atoms with Crippen LogP contribution in [-0.2, 0) is 0 Å². The zero-order valence-corrected chi connectivity index (χ0v) is 12.1. The second kappa shape index (κ2) is 5.51. The van der Waals surface area contributed by atoms with E-state index >= 15 is 0 Å². The molecule has 0 bridgehead atoms. The van der Waals surface area contributed by atoms with Gasteiger partial charge in [-0.2, -0.15) is 0 Å². The van der Waals surface area contributed by atoms with E-state index in [1.165, 1.54) is 24.4 Å². The summed E-state index contributed by atoms with van der Waals surface area (Å²) in [7, 11) is 0. The van der Waals surface area contributed by atoms with Crippen molar-refractivity contribution in [3.63, 3.8) is 0 Å². The van der Waals surface area contributed by atoms with Gasteiger partial charge in [-0.15, -0.1) is 0 Å². The predicted molar refractivity (Wildman–Crippen MR) is 76.4 cm³/mol. The molecule has 2 aromatic rings. The number of pyridine rings is 1. The second-order valence-electron chi connectivity index (χ2n) is 3.54. The van der Waals surface area contributed by atoms with Gasteiger partial charge in [-0.3, -0.25) is 10.1 Å². The van der Waals surface area contributed by atoms with Crippen molar-refractivity contribution >= 4 is 52.1 Å². The van der Waals surface area contributed by atoms with E-state index in [2.05, 4.69) is 4.98 Å². The Labute approximate surface area is 128 Å². The van der Waals surface area contributed by atoms with E-state index in [0.29, 0.717) is 26.2 Å². The number of hydrogen-bond donors (Lipinski definition) is 0. The van der Waals surface area contributed by atoms with Crippen LogP contribution in [0.1, 0.15) is 0 Å². The Morgan fingerprint density at radius 3 is 2.26 bits per heavy atom. The van der Waals surface area contributed by atoms with Crippen LogP contribution in [0.5, 0.6) is 0 Å². The second-order valence-corrected chi connectivity index (χ2v) is 5.12. The lowest BCUT2D eigenvalue weighted by atomic mass is 10.1. The Morgan fingerprint density at radius 2 is 1.63 bits per heavy atom. The van der Waals surface area contributed by atoms with Crippen molar-refractivity contribution in [3.8, 4) is 11.1 Å². The van der Waals surface area contributed by atoms with Gasteiger partial charge in [0.05, 0.1) is 20.0 Å². The third kappa shape index (κ3) is 2.92. The largest absolute Gasteiger partial charge is 0.307 e. The zero-order chi connectivity index (χ0) is 14.2. The molecule has 0 saturated heterocycles. The van der Waals surface area contributed by atoms with Crippen LogP contribution < -0.4 is 0 Å². The summed E-state index contributed by atoms with van der Waals surface area (Å²) in [6, 6.07) is 4.25. The lowest BCUT2D eigenvalue weighted by Gasteiger charge is -2.06. The number of nitrogens with zero attached hydrogens (tertiary/aromatic N) is 2. The van der Waals surface area contributed by atoms with Crippen molar-refractivity contribution < 1.29 is 4.92 Å². The molecule has 1 aromatic carbocycles. The van der Waals surface area contributed by atoms with Crippen molar-refractivity contribution in [1.82, 2.24) is 4.98 Å². The van der Waals surface area contributed by atoms with E-state index in [-0.39, 0.29) is 10.8 Å². The molecule has 0 spiro atoms. The molecule has 8 heteroatoms. The minimum absolute atomic E-state index is 0.190. The summed E-state index contributed by atoms with van der Waals surface area (Å²) >= 11 is 23.4. The molecule has 4 nitrogen and oxygen atoms in total. The highest BCUT2D eigenvalue weighted by molar-refractivity contribution is 6.44. The maximum atomic E-state index is 10.8. The molecule has 0 N–H and O–H groups in total. The molecule has 0 atom stereocenters. The Bertz CT molecular complexity index is 676. The Hall–Kier alpha value is -1.07. The fourth-order valence-corrected chi connectivity index (χ4v) is 2.28. The van der Waals surface area contributed by atoms with Gasteiger partial charge >= 0.3 is 5.69 Å². The van der Waals surface area contributed by atoms with Gasteiger partial charge in [0.1, 0.15) is 0 Å². The van der Waals surface area contributed by atoms with Crippen LogP contribution in [0.3, 0.4) is 0 Å². The summed E-state index contributed by atoms with van der Waals surface area (Å²) in [6.45, 7) is 0. The van der Waals surface area contributed by atoms with Crippen LogP contribution in [0.15, 0.2) is 24.4 Å². The topological polar surface area (TPSA) is 56.0 Å². The molecule has 0 saturated carbocycles. The van der Waals surface area contributed by atoms with Crippen LogP contribution in [-0.4, -0.2) is 9.91 Å². The maximum Gasteiger partial charge on any atom is 0.307 e. The summed E-state index contributed by atoms with van der Waals surface area (Å²) in [4.78, 5) is 14.0. The van der Waals surface area contributed by atoms with E-state index in [9.17, 15) is 10.1 Å². The van der Waals surface area contributed by atoms with Crippen molar-refractivity contribution in [3.05, 3.63) is 54.7 Å². The van der Waals surface area contributed by atoms with Crippen LogP contribution in [0, 0.1) is 10.1 Å². The van der Waals surface area contributed by atoms with Crippen LogP contribution >= 0.6 is 46.4 Å². The molecule has 0 aliphatic heterocycles. The summed E-state index contributed by atoms with van der Waals surface area (Å²) in [5, 5.41) is 11.5. The molecule has 0 aliphatic carbocycles. The van der Waals surface area contributed by atoms with Crippen LogP contribution in [0.25, 0.3) is 11.1 Å². The fourth-order valence-electron chi connectivity index (χ4n) is 1.46. The molecule has 19 heavy (non-hydrogen) atoms. The molecule has 2 rings (SSSR count). The number of aromatic nitrogens is 1. The van der Waals surface area contributed by atoms with E-state index in [1.807, 2.05) is 0 Å². The monoisotopic (exact) mass is 336 g/mol. The van der Waals surface area contributed by atoms with Crippen molar-refractivity contribution in [2.24, 2.45) is 0 Å². The predicted octanol–water partition coefficient (Wildman–Crippen LogP) is 5.27. The zero-order valence-electron chi connectivity index (χ0n) is 9.03. The number of benzene rings is 1. The normalized spacial score (nSPS) is 10.5. The standard InChI is InChI=1S/C11H4Cl4N2O2/c12-7-3-9(14)8(13)2-6(7)5-1-10(17(18)19)11(15)16-4-5/h1-4H. The summed E-state index contributed by atoms with van der Waals surface area (Å²) < 4.78 is 0. The highest BCUT2D eigenvalue weighted by atomic mass is 35.5. The minimum Gasteiger partial charge on any atom is -0.258 e. The molecule has 0 amide bonds. The van der Waals surface area contributed by atoms with Gasteiger partial charge in [-0.05, 0) is 12.1 Å². The Kier molecular flexibility index (Phi) is 4.16. The van der Waals surface area contributed by atoms with Gasteiger partial charge in [-0.25, -0.2) is 4.98 Å². The van der Waals surface area contributed by atoms with Gasteiger partial charge in [0, 0.05) is 23.4 Å². The summed E-state index contributed by atoms with van der Waals surface area (Å²) in [6.07, 6.45) is 1.38. The molecule has 98 valence electrons. The van der Waals surface area contributed by atoms with Gasteiger partial charge in [0.25, 0.3) is 0 Å². The number of hydrogen-bond acceptors (Lipinski definition) is 3. The maximum absolute atomic E-state index is 10.8. The Balaban J connectivity index is 2.63. The fraction of sp³-hybridized carbons (Fsp3) is 0. The van der Waals surface area contributed by atoms with Crippen molar-refractivity contribution in [1.29, 1.82) is 0 Å². The average Bonchev–Trinajstić information content (AvgIpc) is 2.34. The lowest BCUT2D eigenvalue weighted by Crippen LogP contribution is -1.92. The number of halogens is 4.